The molecule has 6 nitrogen and oxygen atoms in total. The van der Waals surface area contributed by atoms with Gasteiger partial charge in [0.05, 0.1) is 14.2 Å². The molecule has 2 N–H and O–H groups in total. The highest BCUT2D eigenvalue weighted by Crippen LogP contribution is 2.44. The molecule has 0 spiro atoms. The normalized spacial score (nSPS) is 16.6. The van der Waals surface area contributed by atoms with Gasteiger partial charge in [-0.25, -0.2) is 4.98 Å². The van der Waals surface area contributed by atoms with Gasteiger partial charge in [-0.2, -0.15) is 0 Å². The van der Waals surface area contributed by atoms with E-state index in [-0.39, 0.29) is 24.0 Å². The fraction of sp³-hybridized carbons (Fsp3) is 0.250. The first-order valence-corrected chi connectivity index (χ1v) is 6.83. The number of phenolic OH excluding ortho intramolecular Hbond substituents is 1. The number of anilines is 1. The van der Waals surface area contributed by atoms with Crippen molar-refractivity contribution in [3.05, 3.63) is 41.6 Å². The average molecular weight is 300 g/mol. The number of rotatable bonds is 3. The van der Waals surface area contributed by atoms with Crippen molar-refractivity contribution in [1.29, 1.82) is 0 Å². The van der Waals surface area contributed by atoms with Gasteiger partial charge in [-0.15, -0.1) is 0 Å². The summed E-state index contributed by atoms with van der Waals surface area (Å²) in [4.78, 5) is 16.2. The standard InChI is InChI=1S/C16H16N2O4/c1-21-14-6-11-10(9-4-3-5-17-16(9)22-2)7-15(20)18-12(11)8-13(14)19/h3-6,8,10,19H,7H2,1-2H3,(H,18,20). The van der Waals surface area contributed by atoms with E-state index >= 15 is 0 Å². The van der Waals surface area contributed by atoms with E-state index in [0.717, 1.165) is 11.1 Å². The second kappa shape index (κ2) is 5.55. The van der Waals surface area contributed by atoms with Crippen molar-refractivity contribution >= 4 is 11.6 Å². The quantitative estimate of drug-likeness (QED) is 0.909. The molecule has 1 atom stereocenters. The largest absolute Gasteiger partial charge is 0.504 e. The third-order valence-corrected chi connectivity index (χ3v) is 3.76. The fourth-order valence-corrected chi connectivity index (χ4v) is 2.76. The summed E-state index contributed by atoms with van der Waals surface area (Å²) in [6.45, 7) is 0. The Hall–Kier alpha value is -2.76. The number of phenols is 1. The molecule has 0 saturated heterocycles. The minimum atomic E-state index is -0.207. The second-order valence-electron chi connectivity index (χ2n) is 5.02. The molecule has 6 heteroatoms. The third-order valence-electron chi connectivity index (χ3n) is 3.76. The average Bonchev–Trinajstić information content (AvgIpc) is 2.53. The molecular weight excluding hydrogens is 284 g/mol. The van der Waals surface area contributed by atoms with Crippen LogP contribution < -0.4 is 14.8 Å². The number of aromatic hydroxyl groups is 1. The van der Waals surface area contributed by atoms with E-state index in [2.05, 4.69) is 10.3 Å². The van der Waals surface area contributed by atoms with E-state index in [9.17, 15) is 9.90 Å². The number of carbonyl (C=O) groups excluding carboxylic acids is 1. The molecule has 1 aliphatic rings. The Morgan fingerprint density at radius 1 is 1.27 bits per heavy atom. The zero-order chi connectivity index (χ0) is 15.7. The molecule has 2 heterocycles. The van der Waals surface area contributed by atoms with E-state index < -0.39 is 0 Å². The van der Waals surface area contributed by atoms with Crippen LogP contribution in [0.25, 0.3) is 0 Å². The van der Waals surface area contributed by atoms with Gasteiger partial charge >= 0.3 is 0 Å². The SMILES string of the molecule is COc1cc2c(cc1O)NC(=O)CC2c1cccnc1OC. The van der Waals surface area contributed by atoms with Crippen molar-refractivity contribution in [1.82, 2.24) is 4.98 Å². The number of fused-ring (bicyclic) bond motifs is 1. The van der Waals surface area contributed by atoms with E-state index in [0.29, 0.717) is 17.3 Å². The summed E-state index contributed by atoms with van der Waals surface area (Å²) in [6.07, 6.45) is 1.92. The molecule has 0 aliphatic carbocycles. The summed E-state index contributed by atoms with van der Waals surface area (Å²) in [5.41, 5.74) is 2.26. The number of benzene rings is 1. The van der Waals surface area contributed by atoms with Crippen molar-refractivity contribution in [3.8, 4) is 17.4 Å². The first kappa shape index (κ1) is 14.2. The maximum absolute atomic E-state index is 12.0. The number of ether oxygens (including phenoxy) is 2. The third kappa shape index (κ3) is 2.32. The van der Waals surface area contributed by atoms with Crippen LogP contribution in [0.1, 0.15) is 23.5 Å². The number of hydrogen-bond donors (Lipinski definition) is 2. The van der Waals surface area contributed by atoms with Gasteiger partial charge in [-0.3, -0.25) is 4.79 Å². The first-order valence-electron chi connectivity index (χ1n) is 6.83. The summed E-state index contributed by atoms with van der Waals surface area (Å²) in [5, 5.41) is 12.7. The van der Waals surface area contributed by atoms with Crippen LogP contribution >= 0.6 is 0 Å². The maximum Gasteiger partial charge on any atom is 0.225 e. The van der Waals surface area contributed by atoms with E-state index in [1.54, 1.807) is 19.4 Å². The number of nitrogens with one attached hydrogen (secondary N) is 1. The number of amides is 1. The minimum absolute atomic E-state index is 0.0136. The highest BCUT2D eigenvalue weighted by molar-refractivity contribution is 5.96. The molecule has 0 saturated carbocycles. The van der Waals surface area contributed by atoms with Gasteiger partial charge in [-0.1, -0.05) is 6.07 Å². The lowest BCUT2D eigenvalue weighted by Crippen LogP contribution is -2.24. The Morgan fingerprint density at radius 2 is 2.09 bits per heavy atom. The van der Waals surface area contributed by atoms with Crippen molar-refractivity contribution in [3.63, 3.8) is 0 Å². The summed E-state index contributed by atoms with van der Waals surface area (Å²) in [7, 11) is 3.04. The highest BCUT2D eigenvalue weighted by Gasteiger charge is 2.30. The maximum atomic E-state index is 12.0. The number of methoxy groups -OCH3 is 2. The molecule has 114 valence electrons. The zero-order valence-electron chi connectivity index (χ0n) is 12.3. The van der Waals surface area contributed by atoms with E-state index in [4.69, 9.17) is 9.47 Å². The van der Waals surface area contributed by atoms with Gasteiger partial charge in [0.1, 0.15) is 0 Å². The fourth-order valence-electron chi connectivity index (χ4n) is 2.76. The van der Waals surface area contributed by atoms with Crippen LogP contribution in [0.15, 0.2) is 30.5 Å². The zero-order valence-corrected chi connectivity index (χ0v) is 12.3. The lowest BCUT2D eigenvalue weighted by molar-refractivity contribution is -0.116. The molecule has 0 bridgehead atoms. The molecule has 22 heavy (non-hydrogen) atoms. The van der Waals surface area contributed by atoms with Crippen LogP contribution in [-0.2, 0) is 4.79 Å². The minimum Gasteiger partial charge on any atom is -0.504 e. The van der Waals surface area contributed by atoms with E-state index in [1.165, 1.54) is 13.2 Å². The smallest absolute Gasteiger partial charge is 0.225 e. The monoisotopic (exact) mass is 300 g/mol. The van der Waals surface area contributed by atoms with Crippen LogP contribution in [0.5, 0.6) is 17.4 Å². The summed E-state index contributed by atoms with van der Waals surface area (Å²) in [6, 6.07) is 6.93. The van der Waals surface area contributed by atoms with Crippen molar-refractivity contribution in [2.75, 3.05) is 19.5 Å². The van der Waals surface area contributed by atoms with Gasteiger partial charge < -0.3 is 19.9 Å². The van der Waals surface area contributed by atoms with Gasteiger partial charge in [0.2, 0.25) is 11.8 Å². The molecule has 1 aromatic carbocycles. The molecule has 0 radical (unpaired) electrons. The lowest BCUT2D eigenvalue weighted by atomic mass is 9.85. The molecular formula is C16H16N2O4. The Bertz CT molecular complexity index is 730. The van der Waals surface area contributed by atoms with Crippen molar-refractivity contribution in [2.45, 2.75) is 12.3 Å². The Kier molecular flexibility index (Phi) is 3.58. The number of nitrogens with zero attached hydrogens (tertiary/aromatic N) is 1. The van der Waals surface area contributed by atoms with Crippen LogP contribution in [-0.4, -0.2) is 30.2 Å². The lowest BCUT2D eigenvalue weighted by Gasteiger charge is -2.27. The van der Waals surface area contributed by atoms with E-state index in [1.807, 2.05) is 12.1 Å². The highest BCUT2D eigenvalue weighted by atomic mass is 16.5. The van der Waals surface area contributed by atoms with Crippen molar-refractivity contribution < 1.29 is 19.4 Å². The summed E-state index contributed by atoms with van der Waals surface area (Å²) < 4.78 is 10.5. The van der Waals surface area contributed by atoms with Gasteiger partial charge in [0.25, 0.3) is 0 Å². The Balaban J connectivity index is 2.16. The van der Waals surface area contributed by atoms with Crippen LogP contribution in [0.4, 0.5) is 5.69 Å². The molecule has 3 rings (SSSR count). The van der Waals surface area contributed by atoms with Gasteiger partial charge in [0.15, 0.2) is 11.5 Å². The predicted molar refractivity (Wildman–Crippen MR) is 80.5 cm³/mol. The second-order valence-corrected chi connectivity index (χ2v) is 5.02. The first-order chi connectivity index (χ1) is 10.6. The molecule has 0 fully saturated rings. The van der Waals surface area contributed by atoms with Crippen LogP contribution in [0.2, 0.25) is 0 Å². The molecule has 2 aromatic rings. The predicted octanol–water partition coefficient (Wildman–Crippen LogP) is 2.28. The molecule has 1 aliphatic heterocycles. The number of hydrogen-bond acceptors (Lipinski definition) is 5. The summed E-state index contributed by atoms with van der Waals surface area (Å²) >= 11 is 0. The Labute approximate surface area is 127 Å². The van der Waals surface area contributed by atoms with Crippen LogP contribution in [0, 0.1) is 0 Å². The topological polar surface area (TPSA) is 80.7 Å². The van der Waals surface area contributed by atoms with Gasteiger partial charge in [-0.05, 0) is 17.7 Å². The summed E-state index contributed by atoms with van der Waals surface area (Å²) in [5.74, 6) is 0.512. The van der Waals surface area contributed by atoms with Gasteiger partial charge in [0, 0.05) is 35.9 Å². The molecule has 1 unspecified atom stereocenters. The number of pyridine rings is 1. The molecule has 1 aromatic heterocycles. The van der Waals surface area contributed by atoms with Crippen molar-refractivity contribution in [2.24, 2.45) is 0 Å². The van der Waals surface area contributed by atoms with Crippen LogP contribution in [0.3, 0.4) is 0 Å². The Morgan fingerprint density at radius 3 is 2.82 bits per heavy atom. The number of aromatic nitrogens is 1. The number of carbonyl (C=O) groups is 1. The molecule has 1 amide bonds.